The molecule has 1 aliphatic heterocycles. The van der Waals surface area contributed by atoms with Crippen molar-refractivity contribution in [1.82, 2.24) is 15.5 Å². The number of rotatable bonds is 7. The maximum Gasteiger partial charge on any atom is 0.315 e. The molecule has 3 rings (SSSR count). The summed E-state index contributed by atoms with van der Waals surface area (Å²) in [5.74, 6) is 0.491. The number of hydrogen-bond donors (Lipinski definition) is 3. The lowest BCUT2D eigenvalue weighted by Crippen LogP contribution is -2.50. The molecular weight excluding hydrogens is 314 g/mol. The van der Waals surface area contributed by atoms with Crippen molar-refractivity contribution in [1.29, 1.82) is 0 Å². The van der Waals surface area contributed by atoms with E-state index in [1.165, 1.54) is 5.56 Å². The van der Waals surface area contributed by atoms with Crippen LogP contribution in [-0.4, -0.2) is 48.3 Å². The number of benzene rings is 1. The molecule has 0 radical (unpaired) electrons. The van der Waals surface area contributed by atoms with E-state index in [1.807, 2.05) is 6.07 Å². The molecule has 138 valence electrons. The highest BCUT2D eigenvalue weighted by atomic mass is 16.3. The standard InChI is InChI=1S/C20H31N3O2/c1-16(22-19(25)21-14-20(15-24)9-5-10-20)18-8-11-23(13-18)12-17-6-3-2-4-7-17/h2-4,6-7,16,18,24H,5,8-15H2,1H3,(H2,21,22,25). The van der Waals surface area contributed by atoms with Crippen LogP contribution in [0.2, 0.25) is 0 Å². The highest BCUT2D eigenvalue weighted by Crippen LogP contribution is 2.39. The summed E-state index contributed by atoms with van der Waals surface area (Å²) >= 11 is 0. The van der Waals surface area contributed by atoms with Gasteiger partial charge in [-0.2, -0.15) is 0 Å². The summed E-state index contributed by atoms with van der Waals surface area (Å²) in [7, 11) is 0. The van der Waals surface area contributed by atoms with Crippen LogP contribution < -0.4 is 10.6 Å². The van der Waals surface area contributed by atoms with Crippen LogP contribution in [0, 0.1) is 11.3 Å². The van der Waals surface area contributed by atoms with Crippen LogP contribution in [0.15, 0.2) is 30.3 Å². The summed E-state index contributed by atoms with van der Waals surface area (Å²) in [6.07, 6.45) is 4.29. The summed E-state index contributed by atoms with van der Waals surface area (Å²) in [4.78, 5) is 14.6. The molecule has 2 aliphatic rings. The van der Waals surface area contributed by atoms with Crippen molar-refractivity contribution < 1.29 is 9.90 Å². The van der Waals surface area contributed by atoms with E-state index in [0.717, 1.165) is 45.3 Å². The van der Waals surface area contributed by atoms with Crippen molar-refractivity contribution in [3.8, 4) is 0 Å². The smallest absolute Gasteiger partial charge is 0.315 e. The third kappa shape index (κ3) is 4.73. The second-order valence-electron chi connectivity index (χ2n) is 7.90. The number of likely N-dealkylation sites (tertiary alicyclic amines) is 1. The van der Waals surface area contributed by atoms with Crippen molar-refractivity contribution >= 4 is 6.03 Å². The number of carbonyl (C=O) groups is 1. The largest absolute Gasteiger partial charge is 0.396 e. The maximum atomic E-state index is 12.2. The maximum absolute atomic E-state index is 12.2. The highest BCUT2D eigenvalue weighted by Gasteiger charge is 2.36. The molecule has 2 amide bonds. The van der Waals surface area contributed by atoms with E-state index in [2.05, 4.69) is 46.7 Å². The van der Waals surface area contributed by atoms with Crippen molar-refractivity contribution in [3.63, 3.8) is 0 Å². The van der Waals surface area contributed by atoms with E-state index in [4.69, 9.17) is 0 Å². The van der Waals surface area contributed by atoms with E-state index in [-0.39, 0.29) is 24.1 Å². The Kier molecular flexibility index (Phi) is 5.97. The van der Waals surface area contributed by atoms with E-state index in [0.29, 0.717) is 12.5 Å². The van der Waals surface area contributed by atoms with Crippen molar-refractivity contribution in [3.05, 3.63) is 35.9 Å². The molecule has 1 aromatic carbocycles. The van der Waals surface area contributed by atoms with E-state index in [1.54, 1.807) is 0 Å². The molecule has 1 heterocycles. The van der Waals surface area contributed by atoms with Gasteiger partial charge >= 0.3 is 6.03 Å². The summed E-state index contributed by atoms with van der Waals surface area (Å²) in [6, 6.07) is 10.6. The molecule has 5 nitrogen and oxygen atoms in total. The molecule has 5 heteroatoms. The van der Waals surface area contributed by atoms with Crippen LogP contribution in [0.25, 0.3) is 0 Å². The zero-order chi connectivity index (χ0) is 17.7. The second kappa shape index (κ2) is 8.19. The van der Waals surface area contributed by atoms with Gasteiger partial charge in [-0.25, -0.2) is 4.79 Å². The molecule has 25 heavy (non-hydrogen) atoms. The molecule has 2 atom stereocenters. The lowest BCUT2D eigenvalue weighted by atomic mass is 9.69. The Morgan fingerprint density at radius 2 is 2.12 bits per heavy atom. The first-order chi connectivity index (χ1) is 12.1. The molecule has 1 saturated heterocycles. The summed E-state index contributed by atoms with van der Waals surface area (Å²) in [6.45, 7) is 5.93. The topological polar surface area (TPSA) is 64.6 Å². The van der Waals surface area contributed by atoms with Gasteiger partial charge in [-0.05, 0) is 44.2 Å². The van der Waals surface area contributed by atoms with E-state index >= 15 is 0 Å². The van der Waals surface area contributed by atoms with Crippen LogP contribution in [0.4, 0.5) is 4.79 Å². The molecule has 0 bridgehead atoms. The normalized spacial score (nSPS) is 23.7. The van der Waals surface area contributed by atoms with Gasteiger partial charge in [-0.3, -0.25) is 4.90 Å². The predicted molar refractivity (Wildman–Crippen MR) is 99.2 cm³/mol. The fourth-order valence-electron chi connectivity index (χ4n) is 3.97. The number of hydrogen-bond acceptors (Lipinski definition) is 3. The summed E-state index contributed by atoms with van der Waals surface area (Å²) < 4.78 is 0. The van der Waals surface area contributed by atoms with Gasteiger partial charge in [0.1, 0.15) is 0 Å². The number of aliphatic hydroxyl groups is 1. The molecule has 0 aromatic heterocycles. The first-order valence-corrected chi connectivity index (χ1v) is 9.52. The zero-order valence-electron chi connectivity index (χ0n) is 15.2. The Labute approximate surface area is 150 Å². The highest BCUT2D eigenvalue weighted by molar-refractivity contribution is 5.74. The van der Waals surface area contributed by atoms with Crippen molar-refractivity contribution in [2.75, 3.05) is 26.2 Å². The number of amides is 2. The Balaban J connectivity index is 1.39. The summed E-state index contributed by atoms with van der Waals surface area (Å²) in [5.41, 5.74) is 1.27. The molecule has 1 saturated carbocycles. The van der Waals surface area contributed by atoms with Crippen molar-refractivity contribution in [2.45, 2.75) is 45.2 Å². The average Bonchev–Trinajstić information content (AvgIpc) is 3.04. The first kappa shape index (κ1) is 18.2. The van der Waals surface area contributed by atoms with Crippen molar-refractivity contribution in [2.24, 2.45) is 11.3 Å². The van der Waals surface area contributed by atoms with Gasteiger partial charge in [-0.1, -0.05) is 36.8 Å². The molecule has 3 N–H and O–H groups in total. The first-order valence-electron chi connectivity index (χ1n) is 9.52. The number of nitrogens with zero attached hydrogens (tertiary/aromatic N) is 1. The lowest BCUT2D eigenvalue weighted by molar-refractivity contribution is 0.0470. The average molecular weight is 345 g/mol. The summed E-state index contributed by atoms with van der Waals surface area (Å²) in [5, 5.41) is 15.5. The number of aliphatic hydroxyl groups excluding tert-OH is 1. The van der Waals surface area contributed by atoms with Gasteiger partial charge < -0.3 is 15.7 Å². The third-order valence-electron chi connectivity index (χ3n) is 6.00. The van der Waals surface area contributed by atoms with Crippen LogP contribution in [0.5, 0.6) is 0 Å². The lowest BCUT2D eigenvalue weighted by Gasteiger charge is -2.40. The van der Waals surface area contributed by atoms with Gasteiger partial charge in [0.2, 0.25) is 0 Å². The Morgan fingerprint density at radius 3 is 2.76 bits per heavy atom. The zero-order valence-corrected chi connectivity index (χ0v) is 15.2. The molecule has 0 spiro atoms. The molecule has 1 aliphatic carbocycles. The molecule has 2 fully saturated rings. The van der Waals surface area contributed by atoms with Gasteiger partial charge in [-0.15, -0.1) is 0 Å². The molecule has 1 aromatic rings. The van der Waals surface area contributed by atoms with Crippen LogP contribution in [-0.2, 0) is 6.54 Å². The number of urea groups is 1. The Hall–Kier alpha value is -1.59. The van der Waals surface area contributed by atoms with E-state index < -0.39 is 0 Å². The minimum atomic E-state index is -0.103. The molecular formula is C20H31N3O2. The second-order valence-corrected chi connectivity index (χ2v) is 7.90. The van der Waals surface area contributed by atoms with Gasteiger partial charge in [0.15, 0.2) is 0 Å². The number of carbonyl (C=O) groups excluding carboxylic acids is 1. The van der Waals surface area contributed by atoms with E-state index in [9.17, 15) is 9.90 Å². The number of nitrogens with one attached hydrogen (secondary N) is 2. The Morgan fingerprint density at radius 1 is 1.36 bits per heavy atom. The van der Waals surface area contributed by atoms with Crippen LogP contribution in [0.1, 0.15) is 38.2 Å². The SMILES string of the molecule is CC(NC(=O)NCC1(CO)CCC1)C1CCN(Cc2ccccc2)C1. The Bertz CT molecular complexity index is 554. The third-order valence-corrected chi connectivity index (χ3v) is 6.00. The van der Waals surface area contributed by atoms with Gasteiger partial charge in [0.05, 0.1) is 6.61 Å². The molecule has 2 unspecified atom stereocenters. The van der Waals surface area contributed by atoms with Crippen LogP contribution in [0.3, 0.4) is 0 Å². The minimum Gasteiger partial charge on any atom is -0.396 e. The predicted octanol–water partition coefficient (Wildman–Crippen LogP) is 2.36. The minimum absolute atomic E-state index is 0.0690. The van der Waals surface area contributed by atoms with Crippen LogP contribution >= 0.6 is 0 Å². The monoisotopic (exact) mass is 345 g/mol. The van der Waals surface area contributed by atoms with Gasteiger partial charge in [0, 0.05) is 31.1 Å². The fourth-order valence-corrected chi connectivity index (χ4v) is 3.97. The fraction of sp³-hybridized carbons (Fsp3) is 0.650. The van der Waals surface area contributed by atoms with Gasteiger partial charge in [0.25, 0.3) is 0 Å². The quantitative estimate of drug-likeness (QED) is 0.711.